The number of hydrogen-bond donors (Lipinski definition) is 1. The Morgan fingerprint density at radius 3 is 2.00 bits per heavy atom. The quantitative estimate of drug-likeness (QED) is 0.735. The van der Waals surface area contributed by atoms with Gasteiger partial charge in [0.15, 0.2) is 0 Å². The Morgan fingerprint density at radius 1 is 1.13 bits per heavy atom. The van der Waals surface area contributed by atoms with Crippen LogP contribution in [0.5, 0.6) is 0 Å². The zero-order valence-corrected chi connectivity index (χ0v) is 11.6. The Labute approximate surface area is 95.8 Å². The summed E-state index contributed by atoms with van der Waals surface area (Å²) in [5, 5.41) is 3.29. The Balaban J connectivity index is 4.19. The highest BCUT2D eigenvalue weighted by atomic mass is 16.5. The van der Waals surface area contributed by atoms with E-state index < -0.39 is 0 Å². The van der Waals surface area contributed by atoms with E-state index in [0.717, 1.165) is 13.0 Å². The summed E-state index contributed by atoms with van der Waals surface area (Å²) in [4.78, 5) is 0. The maximum atomic E-state index is 5.46. The van der Waals surface area contributed by atoms with Gasteiger partial charge < -0.3 is 10.1 Å². The van der Waals surface area contributed by atoms with E-state index in [9.17, 15) is 0 Å². The summed E-state index contributed by atoms with van der Waals surface area (Å²) in [5.74, 6) is 0.705. The maximum Gasteiger partial charge on any atom is 0.0622 e. The second-order valence-corrected chi connectivity index (χ2v) is 6.12. The first-order valence-corrected chi connectivity index (χ1v) is 5.92. The molecule has 0 saturated carbocycles. The van der Waals surface area contributed by atoms with Crippen LogP contribution in [0.25, 0.3) is 0 Å². The van der Waals surface area contributed by atoms with Crippen molar-refractivity contribution in [3.63, 3.8) is 0 Å². The summed E-state index contributed by atoms with van der Waals surface area (Å²) in [7, 11) is 3.82. The van der Waals surface area contributed by atoms with Gasteiger partial charge in [-0.1, -0.05) is 20.8 Å². The second kappa shape index (κ2) is 5.86. The highest BCUT2D eigenvalue weighted by Crippen LogP contribution is 2.31. The van der Waals surface area contributed by atoms with Gasteiger partial charge in [-0.3, -0.25) is 0 Å². The molecule has 92 valence electrons. The van der Waals surface area contributed by atoms with Crippen LogP contribution in [0.1, 0.15) is 47.5 Å². The molecule has 0 fully saturated rings. The molecule has 15 heavy (non-hydrogen) atoms. The first kappa shape index (κ1) is 14.9. The van der Waals surface area contributed by atoms with Crippen LogP contribution in [0.2, 0.25) is 0 Å². The van der Waals surface area contributed by atoms with E-state index in [2.05, 4.69) is 39.9 Å². The zero-order chi connectivity index (χ0) is 12.1. The molecule has 0 bridgehead atoms. The van der Waals surface area contributed by atoms with Gasteiger partial charge in [0.25, 0.3) is 0 Å². The normalized spacial score (nSPS) is 15.4. The fraction of sp³-hybridized carbons (Fsp3) is 1.00. The summed E-state index contributed by atoms with van der Waals surface area (Å²) >= 11 is 0. The third-order valence-electron chi connectivity index (χ3n) is 3.32. The average molecular weight is 215 g/mol. The van der Waals surface area contributed by atoms with Crippen molar-refractivity contribution >= 4 is 0 Å². The smallest absolute Gasteiger partial charge is 0.0622 e. The lowest BCUT2D eigenvalue weighted by Gasteiger charge is -2.33. The molecule has 0 heterocycles. The van der Waals surface area contributed by atoms with Crippen LogP contribution in [0, 0.1) is 11.3 Å². The van der Waals surface area contributed by atoms with Crippen LogP contribution in [0.3, 0.4) is 0 Å². The minimum atomic E-state index is 0.0112. The van der Waals surface area contributed by atoms with Crippen LogP contribution in [0.15, 0.2) is 0 Å². The molecule has 1 atom stereocenters. The highest BCUT2D eigenvalue weighted by Gasteiger charge is 2.26. The SMILES string of the molecule is CNCC(CCC(C)(C)OC)C(C)(C)C. The summed E-state index contributed by atoms with van der Waals surface area (Å²) < 4.78 is 5.46. The Bertz CT molecular complexity index is 170. The summed E-state index contributed by atoms with van der Waals surface area (Å²) in [5.41, 5.74) is 0.379. The van der Waals surface area contributed by atoms with E-state index in [0.29, 0.717) is 11.3 Å². The number of nitrogens with one attached hydrogen (secondary N) is 1. The van der Waals surface area contributed by atoms with E-state index in [1.165, 1.54) is 6.42 Å². The predicted molar refractivity (Wildman–Crippen MR) is 67.2 cm³/mol. The molecular weight excluding hydrogens is 186 g/mol. The van der Waals surface area contributed by atoms with E-state index in [1.807, 2.05) is 7.05 Å². The molecule has 0 aliphatic heterocycles. The number of methoxy groups -OCH3 is 1. The molecule has 0 saturated heterocycles. The molecule has 1 unspecified atom stereocenters. The molecule has 2 heteroatoms. The number of ether oxygens (including phenoxy) is 1. The summed E-state index contributed by atoms with van der Waals surface area (Å²) in [6.45, 7) is 12.3. The van der Waals surface area contributed by atoms with E-state index in [4.69, 9.17) is 4.74 Å². The van der Waals surface area contributed by atoms with Crippen LogP contribution in [-0.4, -0.2) is 26.3 Å². The van der Waals surface area contributed by atoms with Gasteiger partial charge in [0.1, 0.15) is 0 Å². The molecule has 0 amide bonds. The summed E-state index contributed by atoms with van der Waals surface area (Å²) in [6.07, 6.45) is 2.33. The van der Waals surface area contributed by atoms with Crippen molar-refractivity contribution in [2.24, 2.45) is 11.3 Å². The fourth-order valence-corrected chi connectivity index (χ4v) is 1.71. The standard InChI is InChI=1S/C13H29NO/c1-12(2,3)11(10-14-6)8-9-13(4,5)15-7/h11,14H,8-10H2,1-7H3. The summed E-state index contributed by atoms with van der Waals surface area (Å²) in [6, 6.07) is 0. The molecular formula is C13H29NO. The van der Waals surface area contributed by atoms with Crippen molar-refractivity contribution in [2.45, 2.75) is 53.1 Å². The second-order valence-electron chi connectivity index (χ2n) is 6.12. The van der Waals surface area contributed by atoms with Crippen molar-refractivity contribution in [1.29, 1.82) is 0 Å². The molecule has 0 aliphatic rings. The van der Waals surface area contributed by atoms with Gasteiger partial charge in [0.05, 0.1) is 5.60 Å². The van der Waals surface area contributed by atoms with Crippen LogP contribution in [0.4, 0.5) is 0 Å². The van der Waals surface area contributed by atoms with Gasteiger partial charge in [-0.05, 0) is 51.6 Å². The van der Waals surface area contributed by atoms with Crippen LogP contribution >= 0.6 is 0 Å². The van der Waals surface area contributed by atoms with Gasteiger partial charge in [0.2, 0.25) is 0 Å². The van der Waals surface area contributed by atoms with Gasteiger partial charge in [-0.25, -0.2) is 0 Å². The van der Waals surface area contributed by atoms with Gasteiger partial charge >= 0.3 is 0 Å². The third kappa shape index (κ3) is 6.16. The third-order valence-corrected chi connectivity index (χ3v) is 3.32. The minimum absolute atomic E-state index is 0.0112. The van der Waals surface area contributed by atoms with E-state index in [1.54, 1.807) is 7.11 Å². The largest absolute Gasteiger partial charge is 0.379 e. The van der Waals surface area contributed by atoms with Crippen molar-refractivity contribution in [3.05, 3.63) is 0 Å². The molecule has 1 N–H and O–H groups in total. The first-order valence-electron chi connectivity index (χ1n) is 5.92. The fourth-order valence-electron chi connectivity index (χ4n) is 1.71. The van der Waals surface area contributed by atoms with Crippen molar-refractivity contribution in [2.75, 3.05) is 20.7 Å². The lowest BCUT2D eigenvalue weighted by molar-refractivity contribution is 0.00588. The number of rotatable bonds is 6. The van der Waals surface area contributed by atoms with Gasteiger partial charge in [-0.15, -0.1) is 0 Å². The monoisotopic (exact) mass is 215 g/mol. The van der Waals surface area contributed by atoms with E-state index in [-0.39, 0.29) is 5.60 Å². The highest BCUT2D eigenvalue weighted by molar-refractivity contribution is 4.79. The average Bonchev–Trinajstić information content (AvgIpc) is 2.10. The molecule has 0 aromatic rings. The maximum absolute atomic E-state index is 5.46. The molecule has 0 aromatic heterocycles. The molecule has 0 aliphatic carbocycles. The molecule has 0 radical (unpaired) electrons. The molecule has 0 aromatic carbocycles. The Hall–Kier alpha value is -0.0800. The number of hydrogen-bond acceptors (Lipinski definition) is 2. The van der Waals surface area contributed by atoms with Crippen LogP contribution < -0.4 is 5.32 Å². The molecule has 0 spiro atoms. The Morgan fingerprint density at radius 2 is 1.67 bits per heavy atom. The van der Waals surface area contributed by atoms with E-state index >= 15 is 0 Å². The van der Waals surface area contributed by atoms with Crippen molar-refractivity contribution < 1.29 is 4.74 Å². The van der Waals surface area contributed by atoms with Crippen molar-refractivity contribution in [3.8, 4) is 0 Å². The topological polar surface area (TPSA) is 21.3 Å². The zero-order valence-electron chi connectivity index (χ0n) is 11.6. The Kier molecular flexibility index (Phi) is 5.82. The van der Waals surface area contributed by atoms with Gasteiger partial charge in [0, 0.05) is 7.11 Å². The molecule has 0 rings (SSSR count). The predicted octanol–water partition coefficient (Wildman–Crippen LogP) is 3.07. The lowest BCUT2D eigenvalue weighted by atomic mass is 9.76. The van der Waals surface area contributed by atoms with Gasteiger partial charge in [-0.2, -0.15) is 0 Å². The molecule has 2 nitrogen and oxygen atoms in total. The lowest BCUT2D eigenvalue weighted by Crippen LogP contribution is -2.33. The first-order chi connectivity index (χ1) is 6.73. The van der Waals surface area contributed by atoms with Crippen LogP contribution in [-0.2, 0) is 4.74 Å². The van der Waals surface area contributed by atoms with Crippen molar-refractivity contribution in [1.82, 2.24) is 5.32 Å². The minimum Gasteiger partial charge on any atom is -0.379 e.